The third-order valence-electron chi connectivity index (χ3n) is 2.17. The Balaban J connectivity index is 2.14. The minimum atomic E-state index is -0.233. The lowest BCUT2D eigenvalue weighted by Crippen LogP contribution is -2.11. The van der Waals surface area contributed by atoms with Crippen LogP contribution in [0.3, 0.4) is 0 Å². The molecule has 0 amide bonds. The third kappa shape index (κ3) is 2.64. The standard InChI is InChI=1S/C11H8Br2OS2/c12-9(7-1-3-15-5-7)11(14)10(13)8-2-4-16-6-8/h1-6,9-10H. The fraction of sp³-hybridized carbons (Fsp3) is 0.182. The number of rotatable bonds is 4. The Kier molecular flexibility index (Phi) is 4.35. The predicted molar refractivity (Wildman–Crippen MR) is 77.0 cm³/mol. The zero-order valence-corrected chi connectivity index (χ0v) is 12.9. The summed E-state index contributed by atoms with van der Waals surface area (Å²) < 4.78 is 0. The van der Waals surface area contributed by atoms with Gasteiger partial charge >= 0.3 is 0 Å². The molecule has 2 rings (SSSR count). The van der Waals surface area contributed by atoms with Gasteiger partial charge in [-0.15, -0.1) is 0 Å². The number of carbonyl (C=O) groups excluding carboxylic acids is 1. The molecule has 84 valence electrons. The molecule has 0 saturated heterocycles. The lowest BCUT2D eigenvalue weighted by atomic mass is 10.1. The number of alkyl halides is 2. The Hall–Kier alpha value is 0.0300. The van der Waals surface area contributed by atoms with E-state index in [1.165, 1.54) is 0 Å². The molecule has 0 bridgehead atoms. The third-order valence-corrected chi connectivity index (χ3v) is 5.53. The molecule has 2 aromatic heterocycles. The topological polar surface area (TPSA) is 17.1 Å². The number of hydrogen-bond donors (Lipinski definition) is 0. The molecule has 16 heavy (non-hydrogen) atoms. The van der Waals surface area contributed by atoms with Gasteiger partial charge in [0.15, 0.2) is 5.78 Å². The van der Waals surface area contributed by atoms with Crippen LogP contribution in [0.5, 0.6) is 0 Å². The van der Waals surface area contributed by atoms with Crippen molar-refractivity contribution in [2.75, 3.05) is 0 Å². The summed E-state index contributed by atoms with van der Waals surface area (Å²) in [6.45, 7) is 0. The van der Waals surface area contributed by atoms with Crippen molar-refractivity contribution >= 4 is 60.3 Å². The zero-order chi connectivity index (χ0) is 11.5. The maximum absolute atomic E-state index is 12.2. The normalized spacial score (nSPS) is 14.6. The molecule has 1 nitrogen and oxygen atoms in total. The molecule has 0 aliphatic rings. The van der Waals surface area contributed by atoms with Crippen LogP contribution < -0.4 is 0 Å². The van der Waals surface area contributed by atoms with E-state index in [0.717, 1.165) is 11.1 Å². The molecule has 2 unspecified atom stereocenters. The van der Waals surface area contributed by atoms with Crippen molar-refractivity contribution in [3.05, 3.63) is 44.8 Å². The van der Waals surface area contributed by atoms with E-state index in [-0.39, 0.29) is 15.4 Å². The molecule has 0 aromatic carbocycles. The average Bonchev–Trinajstić information content (AvgIpc) is 2.97. The van der Waals surface area contributed by atoms with E-state index >= 15 is 0 Å². The van der Waals surface area contributed by atoms with Crippen LogP contribution in [0.2, 0.25) is 0 Å². The van der Waals surface area contributed by atoms with E-state index in [4.69, 9.17) is 0 Å². The molecule has 5 heteroatoms. The maximum Gasteiger partial charge on any atom is 0.168 e. The van der Waals surface area contributed by atoms with Crippen LogP contribution in [-0.4, -0.2) is 5.78 Å². The molecule has 0 aliphatic heterocycles. The van der Waals surface area contributed by atoms with Crippen molar-refractivity contribution in [3.8, 4) is 0 Å². The largest absolute Gasteiger partial charge is 0.296 e. The molecular formula is C11H8Br2OS2. The van der Waals surface area contributed by atoms with Crippen molar-refractivity contribution in [3.63, 3.8) is 0 Å². The van der Waals surface area contributed by atoms with Crippen LogP contribution in [0.4, 0.5) is 0 Å². The van der Waals surface area contributed by atoms with Gasteiger partial charge in [0, 0.05) is 0 Å². The zero-order valence-electron chi connectivity index (χ0n) is 8.10. The quantitative estimate of drug-likeness (QED) is 0.686. The highest BCUT2D eigenvalue weighted by Crippen LogP contribution is 2.35. The van der Waals surface area contributed by atoms with Gasteiger partial charge < -0.3 is 0 Å². The molecular weight excluding hydrogens is 372 g/mol. The van der Waals surface area contributed by atoms with Gasteiger partial charge in [-0.3, -0.25) is 4.79 Å². The maximum atomic E-state index is 12.2. The van der Waals surface area contributed by atoms with Gasteiger partial charge in [-0.05, 0) is 44.8 Å². The minimum absolute atomic E-state index is 0.136. The van der Waals surface area contributed by atoms with Crippen LogP contribution in [0.15, 0.2) is 33.7 Å². The molecule has 2 atom stereocenters. The number of hydrogen-bond acceptors (Lipinski definition) is 3. The summed E-state index contributed by atoms with van der Waals surface area (Å²) in [5.41, 5.74) is 2.05. The van der Waals surface area contributed by atoms with Crippen molar-refractivity contribution < 1.29 is 4.79 Å². The summed E-state index contributed by atoms with van der Waals surface area (Å²) in [6, 6.07) is 3.94. The number of thiophene rings is 2. The minimum Gasteiger partial charge on any atom is -0.296 e. The van der Waals surface area contributed by atoms with Crippen molar-refractivity contribution in [2.45, 2.75) is 9.65 Å². The Bertz CT molecular complexity index is 408. The van der Waals surface area contributed by atoms with E-state index in [1.54, 1.807) is 22.7 Å². The highest BCUT2D eigenvalue weighted by Gasteiger charge is 2.25. The van der Waals surface area contributed by atoms with Crippen LogP contribution >= 0.6 is 54.5 Å². The molecule has 0 fully saturated rings. The van der Waals surface area contributed by atoms with E-state index < -0.39 is 0 Å². The van der Waals surface area contributed by atoms with Crippen LogP contribution in [0, 0.1) is 0 Å². The van der Waals surface area contributed by atoms with Gasteiger partial charge in [-0.2, -0.15) is 22.7 Å². The second kappa shape index (κ2) is 5.58. The first-order valence-electron chi connectivity index (χ1n) is 4.56. The summed E-state index contributed by atoms with van der Waals surface area (Å²) in [7, 11) is 0. The van der Waals surface area contributed by atoms with Gasteiger partial charge in [0.1, 0.15) is 9.65 Å². The lowest BCUT2D eigenvalue weighted by molar-refractivity contribution is -0.118. The predicted octanol–water partition coefficient (Wildman–Crippen LogP) is 4.95. The van der Waals surface area contributed by atoms with Crippen molar-refractivity contribution in [2.24, 2.45) is 0 Å². The summed E-state index contributed by atoms with van der Waals surface area (Å²) in [5.74, 6) is 0.136. The van der Waals surface area contributed by atoms with Crippen LogP contribution in [0.1, 0.15) is 20.8 Å². The summed E-state index contributed by atoms with van der Waals surface area (Å²) in [6.07, 6.45) is 0. The second-order valence-electron chi connectivity index (χ2n) is 3.24. The highest BCUT2D eigenvalue weighted by molar-refractivity contribution is 9.10. The van der Waals surface area contributed by atoms with Gasteiger partial charge in [0.05, 0.1) is 0 Å². The Morgan fingerprint density at radius 3 is 1.75 bits per heavy atom. The first kappa shape index (κ1) is 12.5. The second-order valence-corrected chi connectivity index (χ2v) is 6.63. The summed E-state index contributed by atoms with van der Waals surface area (Å²) in [4.78, 5) is 11.7. The fourth-order valence-electron chi connectivity index (χ4n) is 1.30. The Labute approximate surface area is 119 Å². The van der Waals surface area contributed by atoms with E-state index in [0.29, 0.717) is 0 Å². The van der Waals surface area contributed by atoms with Gasteiger partial charge in [-0.25, -0.2) is 0 Å². The molecule has 0 aliphatic carbocycles. The first-order valence-corrected chi connectivity index (χ1v) is 8.28. The van der Waals surface area contributed by atoms with Gasteiger partial charge in [0.2, 0.25) is 0 Å². The SMILES string of the molecule is O=C(C(Br)c1ccsc1)C(Br)c1ccsc1. The number of carbonyl (C=O) groups is 1. The first-order chi connectivity index (χ1) is 7.70. The van der Waals surface area contributed by atoms with E-state index in [9.17, 15) is 4.79 Å². The Morgan fingerprint density at radius 2 is 1.44 bits per heavy atom. The van der Waals surface area contributed by atoms with E-state index in [2.05, 4.69) is 31.9 Å². The average molecular weight is 380 g/mol. The molecule has 2 heterocycles. The molecule has 0 N–H and O–H groups in total. The molecule has 0 spiro atoms. The van der Waals surface area contributed by atoms with Crippen molar-refractivity contribution in [1.29, 1.82) is 0 Å². The molecule has 2 aromatic rings. The van der Waals surface area contributed by atoms with E-state index in [1.807, 2.05) is 33.7 Å². The lowest BCUT2D eigenvalue weighted by Gasteiger charge is -2.11. The number of Topliss-reactive ketones (excluding diaryl/α,β-unsaturated/α-hetero) is 1. The fourth-order valence-corrected chi connectivity index (χ4v) is 4.47. The summed E-state index contributed by atoms with van der Waals surface area (Å²) >= 11 is 10.1. The number of ketones is 1. The number of halogens is 2. The van der Waals surface area contributed by atoms with Crippen LogP contribution in [0.25, 0.3) is 0 Å². The highest BCUT2D eigenvalue weighted by atomic mass is 79.9. The van der Waals surface area contributed by atoms with Gasteiger partial charge in [0.25, 0.3) is 0 Å². The Morgan fingerprint density at radius 1 is 1.00 bits per heavy atom. The molecule has 0 radical (unpaired) electrons. The summed E-state index contributed by atoms with van der Waals surface area (Å²) in [5, 5.41) is 7.94. The molecule has 0 saturated carbocycles. The van der Waals surface area contributed by atoms with Crippen molar-refractivity contribution in [1.82, 2.24) is 0 Å². The monoisotopic (exact) mass is 378 g/mol. The van der Waals surface area contributed by atoms with Crippen LogP contribution in [-0.2, 0) is 4.79 Å². The smallest absolute Gasteiger partial charge is 0.168 e. The van der Waals surface area contributed by atoms with Gasteiger partial charge in [-0.1, -0.05) is 31.9 Å².